The fraction of sp³-hybridized carbons (Fsp3) is 0.480. The molecular weight excluding hydrogens is 462 g/mol. The summed E-state index contributed by atoms with van der Waals surface area (Å²) in [5.74, 6) is 0.218. The maximum Gasteiger partial charge on any atom is 0.340 e. The zero-order chi connectivity index (χ0) is 24.2. The quantitative estimate of drug-likeness (QED) is 0.463. The average Bonchev–Trinajstić information content (AvgIpc) is 3.19. The molecule has 0 aromatic heterocycles. The van der Waals surface area contributed by atoms with Crippen LogP contribution in [0.5, 0.6) is 5.75 Å². The third-order valence-electron chi connectivity index (χ3n) is 5.37. The van der Waals surface area contributed by atoms with Gasteiger partial charge in [0.05, 0.1) is 11.1 Å². The maximum absolute atomic E-state index is 13.1. The van der Waals surface area contributed by atoms with Crippen LogP contribution in [0.15, 0.2) is 47.4 Å². The second kappa shape index (κ2) is 10.5. The van der Waals surface area contributed by atoms with Crippen molar-refractivity contribution in [1.29, 1.82) is 0 Å². The molecule has 0 aliphatic carbocycles. The highest BCUT2D eigenvalue weighted by atomic mass is 35.5. The summed E-state index contributed by atoms with van der Waals surface area (Å²) in [5, 5.41) is 0.113. The number of carbonyl (C=O) groups is 1. The van der Waals surface area contributed by atoms with Gasteiger partial charge in [0.2, 0.25) is 5.91 Å². The lowest BCUT2D eigenvalue weighted by atomic mass is 9.91. The number of rotatable bonds is 8. The highest BCUT2D eigenvalue weighted by molar-refractivity contribution is 7.87. The molecule has 1 aliphatic heterocycles. The minimum atomic E-state index is -4.11. The van der Waals surface area contributed by atoms with Crippen LogP contribution < -0.4 is 4.18 Å². The SMILES string of the molecule is Cc1cccc(Cl)c1S(=O)(=O)Oc1cccc(CN(C[C@H]2CCCO2)C(=O)CC(C)(C)C)c1. The van der Waals surface area contributed by atoms with Gasteiger partial charge in [0, 0.05) is 26.1 Å². The smallest absolute Gasteiger partial charge is 0.340 e. The summed E-state index contributed by atoms with van der Waals surface area (Å²) in [5.41, 5.74) is 1.14. The van der Waals surface area contributed by atoms with Crippen molar-refractivity contribution in [2.75, 3.05) is 13.2 Å². The van der Waals surface area contributed by atoms with Gasteiger partial charge < -0.3 is 13.8 Å². The number of benzene rings is 2. The van der Waals surface area contributed by atoms with Gasteiger partial charge in [0.1, 0.15) is 10.6 Å². The summed E-state index contributed by atoms with van der Waals surface area (Å²) in [7, 11) is -4.11. The summed E-state index contributed by atoms with van der Waals surface area (Å²) < 4.78 is 36.9. The van der Waals surface area contributed by atoms with E-state index >= 15 is 0 Å². The molecule has 1 heterocycles. The molecular formula is C25H32ClNO5S. The Kier molecular flexibility index (Phi) is 8.08. The van der Waals surface area contributed by atoms with Crippen molar-refractivity contribution in [3.8, 4) is 5.75 Å². The molecule has 2 aromatic carbocycles. The van der Waals surface area contributed by atoms with Crippen LogP contribution >= 0.6 is 11.6 Å². The van der Waals surface area contributed by atoms with E-state index in [2.05, 4.69) is 0 Å². The Morgan fingerprint density at radius 2 is 1.94 bits per heavy atom. The molecule has 0 radical (unpaired) electrons. The van der Waals surface area contributed by atoms with Gasteiger partial charge in [-0.15, -0.1) is 0 Å². The summed E-state index contributed by atoms with van der Waals surface area (Å²) in [4.78, 5) is 14.8. The van der Waals surface area contributed by atoms with Crippen LogP contribution in [0.4, 0.5) is 0 Å². The van der Waals surface area contributed by atoms with E-state index in [4.69, 9.17) is 20.5 Å². The van der Waals surface area contributed by atoms with Crippen LogP contribution in [0.1, 0.15) is 51.2 Å². The zero-order valence-corrected chi connectivity index (χ0v) is 21.2. The lowest BCUT2D eigenvalue weighted by molar-refractivity contribution is -0.135. The van der Waals surface area contributed by atoms with Gasteiger partial charge in [-0.3, -0.25) is 4.79 Å². The molecule has 1 aliphatic rings. The third-order valence-corrected chi connectivity index (χ3v) is 7.25. The van der Waals surface area contributed by atoms with Crippen molar-refractivity contribution < 1.29 is 22.1 Å². The lowest BCUT2D eigenvalue weighted by Gasteiger charge is -2.29. The van der Waals surface area contributed by atoms with Gasteiger partial charge in [-0.05, 0) is 54.5 Å². The van der Waals surface area contributed by atoms with Crippen LogP contribution in [-0.4, -0.2) is 38.5 Å². The summed E-state index contributed by atoms with van der Waals surface area (Å²) in [6, 6.07) is 11.7. The summed E-state index contributed by atoms with van der Waals surface area (Å²) >= 11 is 6.13. The molecule has 0 unspecified atom stereocenters. The number of hydrogen-bond donors (Lipinski definition) is 0. The number of halogens is 1. The average molecular weight is 494 g/mol. The monoisotopic (exact) mass is 493 g/mol. The Labute approximate surface area is 202 Å². The fourth-order valence-corrected chi connectivity index (χ4v) is 5.59. The van der Waals surface area contributed by atoms with Crippen molar-refractivity contribution in [2.24, 2.45) is 5.41 Å². The van der Waals surface area contributed by atoms with Crippen LogP contribution in [0.3, 0.4) is 0 Å². The molecule has 3 rings (SSSR count). The highest BCUT2D eigenvalue weighted by Crippen LogP contribution is 2.29. The number of hydrogen-bond acceptors (Lipinski definition) is 5. The van der Waals surface area contributed by atoms with Crippen molar-refractivity contribution in [1.82, 2.24) is 4.90 Å². The normalized spacial score (nSPS) is 16.6. The molecule has 6 nitrogen and oxygen atoms in total. The third kappa shape index (κ3) is 7.19. The molecule has 1 fully saturated rings. The molecule has 0 spiro atoms. The Morgan fingerprint density at radius 3 is 2.58 bits per heavy atom. The van der Waals surface area contributed by atoms with Gasteiger partial charge >= 0.3 is 10.1 Å². The molecule has 2 aromatic rings. The summed E-state index contributed by atoms with van der Waals surface area (Å²) in [6.07, 6.45) is 2.36. The van der Waals surface area contributed by atoms with E-state index in [0.29, 0.717) is 31.7 Å². The van der Waals surface area contributed by atoms with E-state index in [9.17, 15) is 13.2 Å². The maximum atomic E-state index is 13.1. The number of aryl methyl sites for hydroxylation is 1. The Bertz CT molecular complexity index is 1070. The second-order valence-corrected chi connectivity index (χ2v) is 11.6. The lowest BCUT2D eigenvalue weighted by Crippen LogP contribution is -2.38. The first-order valence-electron chi connectivity index (χ1n) is 11.1. The van der Waals surface area contributed by atoms with Crippen molar-refractivity contribution in [3.63, 3.8) is 0 Å². The van der Waals surface area contributed by atoms with Gasteiger partial charge in [0.15, 0.2) is 0 Å². The van der Waals surface area contributed by atoms with Gasteiger partial charge in [-0.2, -0.15) is 8.42 Å². The Morgan fingerprint density at radius 1 is 1.21 bits per heavy atom. The first kappa shape index (κ1) is 25.5. The molecule has 8 heteroatoms. The van der Waals surface area contributed by atoms with E-state index < -0.39 is 10.1 Å². The number of carbonyl (C=O) groups excluding carboxylic acids is 1. The van der Waals surface area contributed by atoms with Crippen molar-refractivity contribution >= 4 is 27.6 Å². The standard InChI is InChI=1S/C25H32ClNO5S/c1-18-8-5-12-22(26)24(18)33(29,30)32-20-10-6-9-19(14-20)16-27(17-21-11-7-13-31-21)23(28)15-25(2,3)4/h5-6,8-10,12,14,21H,7,11,13,15-17H2,1-4H3/t21-/m1/s1. The molecule has 0 saturated carbocycles. The zero-order valence-electron chi connectivity index (χ0n) is 19.6. The molecule has 180 valence electrons. The van der Waals surface area contributed by atoms with Crippen LogP contribution in [0.2, 0.25) is 5.02 Å². The minimum absolute atomic E-state index is 0.0249. The molecule has 0 N–H and O–H groups in total. The van der Waals surface area contributed by atoms with Crippen LogP contribution in [-0.2, 0) is 26.2 Å². The Balaban J connectivity index is 1.80. The molecule has 33 heavy (non-hydrogen) atoms. The van der Waals surface area contributed by atoms with Crippen molar-refractivity contribution in [2.45, 2.75) is 64.5 Å². The van der Waals surface area contributed by atoms with Gasteiger partial charge in [-0.25, -0.2) is 0 Å². The number of nitrogens with zero attached hydrogens (tertiary/aromatic N) is 1. The Hall–Kier alpha value is -2.09. The predicted molar refractivity (Wildman–Crippen MR) is 129 cm³/mol. The van der Waals surface area contributed by atoms with Crippen molar-refractivity contribution in [3.05, 3.63) is 58.6 Å². The van der Waals surface area contributed by atoms with Crippen LogP contribution in [0, 0.1) is 12.3 Å². The first-order chi connectivity index (χ1) is 15.4. The fourth-order valence-electron chi connectivity index (χ4n) is 3.87. The van der Waals surface area contributed by atoms with Gasteiger partial charge in [0.25, 0.3) is 0 Å². The van der Waals surface area contributed by atoms with Gasteiger partial charge in [-0.1, -0.05) is 56.6 Å². The van der Waals surface area contributed by atoms with E-state index in [-0.39, 0.29) is 33.1 Å². The minimum Gasteiger partial charge on any atom is -0.379 e. The highest BCUT2D eigenvalue weighted by Gasteiger charge is 2.27. The first-order valence-corrected chi connectivity index (χ1v) is 12.9. The molecule has 1 saturated heterocycles. The molecule has 0 bridgehead atoms. The van der Waals surface area contributed by atoms with Crippen LogP contribution in [0.25, 0.3) is 0 Å². The largest absolute Gasteiger partial charge is 0.379 e. The van der Waals surface area contributed by atoms with E-state index in [1.54, 1.807) is 42.2 Å². The number of amides is 1. The topological polar surface area (TPSA) is 72.9 Å². The van der Waals surface area contributed by atoms with E-state index in [1.165, 1.54) is 6.07 Å². The molecule has 1 amide bonds. The number of ether oxygens (including phenoxy) is 1. The van der Waals surface area contributed by atoms with E-state index in [1.807, 2.05) is 26.8 Å². The second-order valence-electron chi connectivity index (χ2n) is 9.72. The summed E-state index contributed by atoms with van der Waals surface area (Å²) in [6.45, 7) is 9.34. The predicted octanol–water partition coefficient (Wildman–Crippen LogP) is 5.36. The van der Waals surface area contributed by atoms with E-state index in [0.717, 1.165) is 18.4 Å². The molecule has 1 atom stereocenters.